The van der Waals surface area contributed by atoms with E-state index in [4.69, 9.17) is 0 Å². The van der Waals surface area contributed by atoms with Gasteiger partial charge in [0.05, 0.1) is 6.07 Å². The van der Waals surface area contributed by atoms with Gasteiger partial charge >= 0.3 is 0 Å². The minimum atomic E-state index is -0.231. The number of nitriles is 1. The van der Waals surface area contributed by atoms with Gasteiger partial charge in [0.1, 0.15) is 5.54 Å². The largest absolute Gasteiger partial charge is 0.300 e. The maximum Gasteiger partial charge on any atom is 0.107 e. The Balaban J connectivity index is 1.88. The lowest BCUT2D eigenvalue weighted by Crippen LogP contribution is -2.48. The molecule has 0 radical (unpaired) electrons. The molecule has 19 heavy (non-hydrogen) atoms. The fraction of sp³-hybridized carbons (Fsp3) is 0.938. The first-order valence-electron chi connectivity index (χ1n) is 7.99. The highest BCUT2D eigenvalue weighted by Crippen LogP contribution is 2.41. The lowest BCUT2D eigenvalue weighted by atomic mass is 9.82. The first-order valence-corrected chi connectivity index (χ1v) is 8.93. The van der Waals surface area contributed by atoms with Crippen molar-refractivity contribution in [3.8, 4) is 6.07 Å². The van der Waals surface area contributed by atoms with Crippen molar-refractivity contribution in [2.75, 3.05) is 6.54 Å². The third-order valence-corrected chi connectivity index (χ3v) is 6.31. The Bertz CT molecular complexity index is 321. The van der Waals surface area contributed by atoms with Crippen molar-refractivity contribution in [3.63, 3.8) is 0 Å². The highest BCUT2D eigenvalue weighted by Gasteiger charge is 2.37. The lowest BCUT2D eigenvalue weighted by molar-refractivity contribution is 0.308. The summed E-state index contributed by atoms with van der Waals surface area (Å²) in [5.74, 6) is 0.907. The van der Waals surface area contributed by atoms with Crippen molar-refractivity contribution in [3.05, 3.63) is 0 Å². The summed E-state index contributed by atoms with van der Waals surface area (Å²) < 4.78 is 0. The molecule has 0 aromatic rings. The molecule has 0 amide bonds. The van der Waals surface area contributed by atoms with E-state index >= 15 is 0 Å². The second-order valence-corrected chi connectivity index (χ2v) is 8.08. The standard InChI is InChI=1S/C16H28N2S/c1-3-18-16(12-17)9-5-8-15(11-16)19-14-7-4-6-13(2)10-14/h13-15,18H,3-11H2,1-2H3. The Kier molecular flexibility index (Phi) is 5.59. The molecule has 2 saturated carbocycles. The van der Waals surface area contributed by atoms with Gasteiger partial charge in [0, 0.05) is 10.5 Å². The van der Waals surface area contributed by atoms with Crippen LogP contribution in [0.2, 0.25) is 0 Å². The summed E-state index contributed by atoms with van der Waals surface area (Å²) in [6, 6.07) is 2.57. The van der Waals surface area contributed by atoms with E-state index in [-0.39, 0.29) is 5.54 Å². The SMILES string of the molecule is CCNC1(C#N)CCCC(SC2CCCC(C)C2)C1. The summed E-state index contributed by atoms with van der Waals surface area (Å²) in [6.45, 7) is 5.41. The van der Waals surface area contributed by atoms with Crippen molar-refractivity contribution in [2.45, 2.75) is 81.3 Å². The zero-order valence-corrected chi connectivity index (χ0v) is 13.3. The molecule has 4 atom stereocenters. The van der Waals surface area contributed by atoms with Gasteiger partial charge in [-0.25, -0.2) is 0 Å². The van der Waals surface area contributed by atoms with Crippen molar-refractivity contribution in [1.82, 2.24) is 5.32 Å². The molecular weight excluding hydrogens is 252 g/mol. The van der Waals surface area contributed by atoms with Gasteiger partial charge in [-0.2, -0.15) is 17.0 Å². The number of hydrogen-bond donors (Lipinski definition) is 1. The van der Waals surface area contributed by atoms with E-state index in [0.717, 1.165) is 30.6 Å². The molecule has 0 heterocycles. The van der Waals surface area contributed by atoms with E-state index in [9.17, 15) is 5.26 Å². The van der Waals surface area contributed by atoms with Crippen molar-refractivity contribution < 1.29 is 0 Å². The second kappa shape index (κ2) is 6.99. The van der Waals surface area contributed by atoms with Gasteiger partial charge in [0.2, 0.25) is 0 Å². The first-order chi connectivity index (χ1) is 9.17. The molecular formula is C16H28N2S. The molecule has 2 aliphatic carbocycles. The van der Waals surface area contributed by atoms with Gasteiger partial charge < -0.3 is 0 Å². The number of rotatable bonds is 4. The Morgan fingerprint density at radius 1 is 1.26 bits per heavy atom. The maximum atomic E-state index is 9.52. The fourth-order valence-electron chi connectivity index (χ4n) is 3.75. The molecule has 2 aliphatic rings. The average Bonchev–Trinajstić information content (AvgIpc) is 2.39. The van der Waals surface area contributed by atoms with E-state index in [2.05, 4.69) is 37.0 Å². The molecule has 2 nitrogen and oxygen atoms in total. The summed E-state index contributed by atoms with van der Waals surface area (Å²) in [7, 11) is 0. The summed E-state index contributed by atoms with van der Waals surface area (Å²) in [6.07, 6.45) is 10.2. The van der Waals surface area contributed by atoms with E-state index in [1.807, 2.05) is 0 Å². The predicted octanol–water partition coefficient (Wildman–Crippen LogP) is 4.11. The zero-order valence-electron chi connectivity index (χ0n) is 12.5. The van der Waals surface area contributed by atoms with Crippen LogP contribution in [0.25, 0.3) is 0 Å². The van der Waals surface area contributed by atoms with Gasteiger partial charge in [-0.15, -0.1) is 0 Å². The molecule has 0 aliphatic heterocycles. The molecule has 0 bridgehead atoms. The van der Waals surface area contributed by atoms with Crippen LogP contribution in [0.5, 0.6) is 0 Å². The van der Waals surface area contributed by atoms with Crippen LogP contribution < -0.4 is 5.32 Å². The van der Waals surface area contributed by atoms with Crippen molar-refractivity contribution >= 4 is 11.8 Å². The lowest BCUT2D eigenvalue weighted by Gasteiger charge is -2.38. The summed E-state index contributed by atoms with van der Waals surface area (Å²) in [5, 5.41) is 14.5. The fourth-order valence-corrected chi connectivity index (χ4v) is 5.72. The summed E-state index contributed by atoms with van der Waals surface area (Å²) >= 11 is 2.20. The van der Waals surface area contributed by atoms with E-state index in [1.165, 1.54) is 38.5 Å². The Morgan fingerprint density at radius 2 is 2.05 bits per heavy atom. The number of thioether (sulfide) groups is 1. The minimum absolute atomic E-state index is 0.231. The molecule has 0 spiro atoms. The monoisotopic (exact) mass is 280 g/mol. The smallest absolute Gasteiger partial charge is 0.107 e. The normalized spacial score (nSPS) is 39.7. The van der Waals surface area contributed by atoms with E-state index in [0.29, 0.717) is 5.25 Å². The van der Waals surface area contributed by atoms with Crippen LogP contribution >= 0.6 is 11.8 Å². The average molecular weight is 280 g/mol. The quantitative estimate of drug-likeness (QED) is 0.841. The van der Waals surface area contributed by atoms with Gasteiger partial charge in [0.25, 0.3) is 0 Å². The van der Waals surface area contributed by atoms with Gasteiger partial charge in [-0.1, -0.05) is 26.7 Å². The van der Waals surface area contributed by atoms with Crippen LogP contribution in [-0.4, -0.2) is 22.6 Å². The second-order valence-electron chi connectivity index (χ2n) is 6.47. The molecule has 3 heteroatoms. The van der Waals surface area contributed by atoms with Crippen LogP contribution in [0.15, 0.2) is 0 Å². The number of nitrogens with one attached hydrogen (secondary N) is 1. The van der Waals surface area contributed by atoms with Crippen LogP contribution in [-0.2, 0) is 0 Å². The highest BCUT2D eigenvalue weighted by molar-refractivity contribution is 8.00. The van der Waals surface area contributed by atoms with Crippen molar-refractivity contribution in [1.29, 1.82) is 5.26 Å². The van der Waals surface area contributed by atoms with Crippen molar-refractivity contribution in [2.24, 2.45) is 5.92 Å². The molecule has 108 valence electrons. The maximum absolute atomic E-state index is 9.52. The molecule has 2 fully saturated rings. The zero-order chi connectivity index (χ0) is 13.7. The molecule has 0 aromatic heterocycles. The van der Waals surface area contributed by atoms with Gasteiger partial charge in [-0.05, 0) is 51.0 Å². The molecule has 0 aromatic carbocycles. The molecule has 2 rings (SSSR count). The van der Waals surface area contributed by atoms with Crippen LogP contribution in [0.3, 0.4) is 0 Å². The number of nitrogens with zero attached hydrogens (tertiary/aromatic N) is 1. The summed E-state index contributed by atoms with van der Waals surface area (Å²) in [5.41, 5.74) is -0.231. The topological polar surface area (TPSA) is 35.8 Å². The Hall–Kier alpha value is -0.200. The van der Waals surface area contributed by atoms with Crippen LogP contribution in [0.4, 0.5) is 0 Å². The van der Waals surface area contributed by atoms with Crippen LogP contribution in [0.1, 0.15) is 65.2 Å². The first kappa shape index (κ1) is 15.2. The minimum Gasteiger partial charge on any atom is -0.300 e. The third-order valence-electron chi connectivity index (χ3n) is 4.71. The Morgan fingerprint density at radius 3 is 2.74 bits per heavy atom. The summed E-state index contributed by atoms with van der Waals surface area (Å²) in [4.78, 5) is 0. The number of hydrogen-bond acceptors (Lipinski definition) is 3. The van der Waals surface area contributed by atoms with E-state index < -0.39 is 0 Å². The van der Waals surface area contributed by atoms with E-state index in [1.54, 1.807) is 0 Å². The molecule has 0 saturated heterocycles. The highest BCUT2D eigenvalue weighted by atomic mass is 32.2. The Labute approximate surface area is 122 Å². The van der Waals surface area contributed by atoms with Gasteiger partial charge in [0.15, 0.2) is 0 Å². The molecule has 1 N–H and O–H groups in total. The van der Waals surface area contributed by atoms with Crippen LogP contribution in [0, 0.1) is 17.2 Å². The molecule has 4 unspecified atom stereocenters. The van der Waals surface area contributed by atoms with Gasteiger partial charge in [-0.3, -0.25) is 5.32 Å². The third kappa shape index (κ3) is 4.13. The predicted molar refractivity (Wildman–Crippen MR) is 83.3 cm³/mol.